The van der Waals surface area contributed by atoms with Gasteiger partial charge in [0.25, 0.3) is 0 Å². The molecule has 1 aromatic heterocycles. The van der Waals surface area contributed by atoms with E-state index in [1.54, 1.807) is 25.3 Å². The summed E-state index contributed by atoms with van der Waals surface area (Å²) in [4.78, 5) is 15.3. The van der Waals surface area contributed by atoms with Crippen LogP contribution in [0.5, 0.6) is 0 Å². The van der Waals surface area contributed by atoms with Crippen molar-refractivity contribution in [2.45, 2.75) is 24.4 Å². The SMILES string of the molecule is CCNC(C)(CSc1ccc(Cl)cn1)C(=O)O. The maximum atomic E-state index is 11.2. The van der Waals surface area contributed by atoms with Crippen molar-refractivity contribution in [1.29, 1.82) is 0 Å². The Labute approximate surface area is 110 Å². The van der Waals surface area contributed by atoms with Crippen molar-refractivity contribution >= 4 is 29.3 Å². The first-order chi connectivity index (χ1) is 7.98. The molecule has 0 fully saturated rings. The number of thioether (sulfide) groups is 1. The highest BCUT2D eigenvalue weighted by molar-refractivity contribution is 7.99. The summed E-state index contributed by atoms with van der Waals surface area (Å²) in [5.74, 6) is -0.453. The van der Waals surface area contributed by atoms with E-state index >= 15 is 0 Å². The van der Waals surface area contributed by atoms with Crippen molar-refractivity contribution in [3.63, 3.8) is 0 Å². The van der Waals surface area contributed by atoms with E-state index in [-0.39, 0.29) is 0 Å². The predicted octanol–water partition coefficient (Wildman–Crippen LogP) is 2.28. The highest BCUT2D eigenvalue weighted by atomic mass is 35.5. The maximum Gasteiger partial charge on any atom is 0.324 e. The molecule has 4 nitrogen and oxygen atoms in total. The molecule has 0 spiro atoms. The number of aliphatic carboxylic acids is 1. The van der Waals surface area contributed by atoms with Gasteiger partial charge in [0.05, 0.1) is 10.0 Å². The maximum absolute atomic E-state index is 11.2. The molecule has 1 aromatic rings. The van der Waals surface area contributed by atoms with E-state index in [9.17, 15) is 4.79 Å². The van der Waals surface area contributed by atoms with Gasteiger partial charge in [-0.2, -0.15) is 0 Å². The molecule has 94 valence electrons. The molecule has 0 bridgehead atoms. The smallest absolute Gasteiger partial charge is 0.324 e. The first kappa shape index (κ1) is 14.3. The van der Waals surface area contributed by atoms with Crippen LogP contribution in [0.1, 0.15) is 13.8 Å². The van der Waals surface area contributed by atoms with Crippen LogP contribution in [0.2, 0.25) is 5.02 Å². The van der Waals surface area contributed by atoms with Gasteiger partial charge in [0.1, 0.15) is 5.54 Å². The molecule has 6 heteroatoms. The number of aromatic nitrogens is 1. The Bertz CT molecular complexity index is 386. The first-order valence-electron chi connectivity index (χ1n) is 5.20. The Morgan fingerprint density at radius 1 is 1.65 bits per heavy atom. The third-order valence-corrected chi connectivity index (χ3v) is 3.73. The van der Waals surface area contributed by atoms with Crippen molar-refractivity contribution in [2.24, 2.45) is 0 Å². The zero-order chi connectivity index (χ0) is 12.9. The number of halogens is 1. The molecule has 0 radical (unpaired) electrons. The lowest BCUT2D eigenvalue weighted by Crippen LogP contribution is -2.51. The Balaban J connectivity index is 2.64. The molecule has 0 aliphatic rings. The molecular weight excluding hydrogens is 260 g/mol. The molecule has 0 aromatic carbocycles. The molecule has 0 saturated carbocycles. The third-order valence-electron chi connectivity index (χ3n) is 2.25. The minimum atomic E-state index is -0.944. The number of rotatable bonds is 6. The minimum Gasteiger partial charge on any atom is -0.480 e. The average molecular weight is 275 g/mol. The molecule has 0 aliphatic carbocycles. The van der Waals surface area contributed by atoms with Gasteiger partial charge < -0.3 is 10.4 Å². The van der Waals surface area contributed by atoms with E-state index in [2.05, 4.69) is 10.3 Å². The number of carboxylic acids is 1. The lowest BCUT2D eigenvalue weighted by atomic mass is 10.1. The largest absolute Gasteiger partial charge is 0.480 e. The molecule has 0 amide bonds. The van der Waals surface area contributed by atoms with E-state index in [1.807, 2.05) is 6.92 Å². The average Bonchev–Trinajstić information content (AvgIpc) is 2.28. The molecule has 2 N–H and O–H groups in total. The van der Waals surface area contributed by atoms with Gasteiger partial charge in [-0.3, -0.25) is 4.79 Å². The summed E-state index contributed by atoms with van der Waals surface area (Å²) in [6.07, 6.45) is 1.55. The highest BCUT2D eigenvalue weighted by Crippen LogP contribution is 2.22. The topological polar surface area (TPSA) is 62.2 Å². The van der Waals surface area contributed by atoms with Crippen LogP contribution in [0.4, 0.5) is 0 Å². The monoisotopic (exact) mass is 274 g/mol. The van der Waals surface area contributed by atoms with Gasteiger partial charge in [-0.05, 0) is 25.6 Å². The van der Waals surface area contributed by atoms with Crippen molar-refractivity contribution in [3.8, 4) is 0 Å². The van der Waals surface area contributed by atoms with Crippen LogP contribution in [-0.4, -0.2) is 33.9 Å². The van der Waals surface area contributed by atoms with Crippen molar-refractivity contribution in [3.05, 3.63) is 23.4 Å². The first-order valence-corrected chi connectivity index (χ1v) is 6.57. The van der Waals surface area contributed by atoms with Crippen LogP contribution in [0.15, 0.2) is 23.4 Å². The zero-order valence-corrected chi connectivity index (χ0v) is 11.3. The number of hydrogen-bond donors (Lipinski definition) is 2. The van der Waals surface area contributed by atoms with Crippen LogP contribution < -0.4 is 5.32 Å². The fourth-order valence-electron chi connectivity index (χ4n) is 1.24. The number of pyridine rings is 1. The summed E-state index contributed by atoms with van der Waals surface area (Å²) in [5.41, 5.74) is -0.944. The second-order valence-corrected chi connectivity index (χ2v) is 5.20. The second-order valence-electron chi connectivity index (χ2n) is 3.77. The van der Waals surface area contributed by atoms with Crippen LogP contribution in [-0.2, 0) is 4.79 Å². The van der Waals surface area contributed by atoms with Crippen LogP contribution in [0.3, 0.4) is 0 Å². The zero-order valence-electron chi connectivity index (χ0n) is 9.74. The van der Waals surface area contributed by atoms with E-state index < -0.39 is 11.5 Å². The normalized spacial score (nSPS) is 14.3. The minimum absolute atomic E-state index is 0.408. The molecule has 0 saturated heterocycles. The second kappa shape index (κ2) is 6.23. The van der Waals surface area contributed by atoms with E-state index in [0.717, 1.165) is 5.03 Å². The number of likely N-dealkylation sites (N-methyl/N-ethyl adjacent to an activating group) is 1. The van der Waals surface area contributed by atoms with Gasteiger partial charge in [0.2, 0.25) is 0 Å². The molecule has 1 heterocycles. The quantitative estimate of drug-likeness (QED) is 0.780. The fourth-order valence-corrected chi connectivity index (χ4v) is 2.31. The Morgan fingerprint density at radius 2 is 2.35 bits per heavy atom. The van der Waals surface area contributed by atoms with Crippen molar-refractivity contribution in [1.82, 2.24) is 10.3 Å². The number of nitrogens with one attached hydrogen (secondary N) is 1. The highest BCUT2D eigenvalue weighted by Gasteiger charge is 2.32. The Hall–Kier alpha value is -0.780. The fraction of sp³-hybridized carbons (Fsp3) is 0.455. The van der Waals surface area contributed by atoms with Gasteiger partial charge in [-0.15, -0.1) is 11.8 Å². The number of hydrogen-bond acceptors (Lipinski definition) is 4. The summed E-state index contributed by atoms with van der Waals surface area (Å²) < 4.78 is 0. The van der Waals surface area contributed by atoms with E-state index in [1.165, 1.54) is 11.8 Å². The number of nitrogens with zero attached hydrogens (tertiary/aromatic N) is 1. The summed E-state index contributed by atoms with van der Waals surface area (Å²) in [7, 11) is 0. The summed E-state index contributed by atoms with van der Waals surface area (Å²) in [6, 6.07) is 3.52. The van der Waals surface area contributed by atoms with Crippen LogP contribution >= 0.6 is 23.4 Å². The Morgan fingerprint density at radius 3 is 2.82 bits per heavy atom. The number of carboxylic acid groups (broad SMARTS) is 1. The molecular formula is C11H15ClN2O2S. The van der Waals surface area contributed by atoms with Crippen molar-refractivity contribution < 1.29 is 9.90 Å². The summed E-state index contributed by atoms with van der Waals surface area (Å²) in [5, 5.41) is 13.5. The lowest BCUT2D eigenvalue weighted by Gasteiger charge is -2.24. The molecule has 1 rings (SSSR count). The molecule has 17 heavy (non-hydrogen) atoms. The predicted molar refractivity (Wildman–Crippen MR) is 69.7 cm³/mol. The molecule has 0 aliphatic heterocycles. The van der Waals surface area contributed by atoms with Gasteiger partial charge in [-0.1, -0.05) is 18.5 Å². The summed E-state index contributed by atoms with van der Waals surface area (Å²) >= 11 is 7.11. The van der Waals surface area contributed by atoms with Gasteiger partial charge in [-0.25, -0.2) is 4.98 Å². The summed E-state index contributed by atoms with van der Waals surface area (Å²) in [6.45, 7) is 4.16. The Kier molecular flexibility index (Phi) is 5.24. The molecule has 1 atom stereocenters. The van der Waals surface area contributed by atoms with Gasteiger partial charge >= 0.3 is 5.97 Å². The van der Waals surface area contributed by atoms with Crippen molar-refractivity contribution in [2.75, 3.05) is 12.3 Å². The lowest BCUT2D eigenvalue weighted by molar-refractivity contribution is -0.143. The number of carbonyl (C=O) groups is 1. The van der Waals surface area contributed by atoms with Crippen LogP contribution in [0.25, 0.3) is 0 Å². The van der Waals surface area contributed by atoms with Gasteiger partial charge in [0, 0.05) is 11.9 Å². The van der Waals surface area contributed by atoms with Gasteiger partial charge in [0.15, 0.2) is 0 Å². The van der Waals surface area contributed by atoms with E-state index in [4.69, 9.17) is 16.7 Å². The standard InChI is InChI=1S/C11H15ClN2O2S/c1-3-14-11(2,10(15)16)7-17-9-5-4-8(12)6-13-9/h4-6,14H,3,7H2,1-2H3,(H,15,16). The third kappa shape index (κ3) is 4.18. The van der Waals surface area contributed by atoms with E-state index in [0.29, 0.717) is 17.3 Å². The molecule has 1 unspecified atom stereocenters. The van der Waals surface area contributed by atoms with Crippen LogP contribution in [0, 0.1) is 0 Å².